The van der Waals surface area contributed by atoms with Crippen LogP contribution in [0, 0.1) is 5.92 Å². The molecular weight excluding hydrogens is 366 g/mol. The fourth-order valence-corrected chi connectivity index (χ4v) is 3.51. The molecule has 1 saturated heterocycles. The Morgan fingerprint density at radius 1 is 0.966 bits per heavy atom. The molecule has 29 heavy (non-hydrogen) atoms. The van der Waals surface area contributed by atoms with Crippen LogP contribution in [0.2, 0.25) is 0 Å². The number of carboxylic acid groups (broad SMARTS) is 1. The van der Waals surface area contributed by atoms with Gasteiger partial charge in [0.1, 0.15) is 11.5 Å². The normalized spacial score (nSPS) is 16.1. The number of carboxylic acids is 1. The van der Waals surface area contributed by atoms with Crippen LogP contribution in [0.1, 0.15) is 12.0 Å². The van der Waals surface area contributed by atoms with Gasteiger partial charge in [0, 0.05) is 25.1 Å². The van der Waals surface area contributed by atoms with E-state index in [-0.39, 0.29) is 18.9 Å². The summed E-state index contributed by atoms with van der Waals surface area (Å²) < 4.78 is 6.10. The molecule has 1 aliphatic rings. The highest BCUT2D eigenvalue weighted by Crippen LogP contribution is 2.33. The van der Waals surface area contributed by atoms with E-state index in [1.807, 2.05) is 78.9 Å². The van der Waals surface area contributed by atoms with Crippen LogP contribution in [-0.2, 0) is 16.1 Å². The zero-order valence-electron chi connectivity index (χ0n) is 15.8. The molecule has 0 saturated carbocycles. The van der Waals surface area contributed by atoms with Gasteiger partial charge in [0.15, 0.2) is 0 Å². The highest BCUT2D eigenvalue weighted by Gasteiger charge is 2.34. The molecule has 3 aromatic carbocycles. The Kier molecular flexibility index (Phi) is 5.29. The highest BCUT2D eigenvalue weighted by atomic mass is 16.5. The average Bonchev–Trinajstić information content (AvgIpc) is 3.11. The second-order valence-electron chi connectivity index (χ2n) is 7.12. The molecule has 1 aliphatic heterocycles. The predicted molar refractivity (Wildman–Crippen MR) is 110 cm³/mol. The number of ether oxygens (including phenoxy) is 1. The molecule has 0 radical (unpaired) electrons. The van der Waals surface area contributed by atoms with E-state index in [9.17, 15) is 9.59 Å². The van der Waals surface area contributed by atoms with Crippen molar-refractivity contribution in [1.29, 1.82) is 0 Å². The topological polar surface area (TPSA) is 66.8 Å². The van der Waals surface area contributed by atoms with Crippen molar-refractivity contribution in [3.63, 3.8) is 0 Å². The number of likely N-dealkylation sites (tertiary alicyclic amines) is 1. The van der Waals surface area contributed by atoms with E-state index in [2.05, 4.69) is 0 Å². The van der Waals surface area contributed by atoms with Crippen molar-refractivity contribution in [2.45, 2.75) is 13.0 Å². The highest BCUT2D eigenvalue weighted by molar-refractivity contribution is 5.86. The van der Waals surface area contributed by atoms with Gasteiger partial charge in [0.25, 0.3) is 0 Å². The number of hydrogen-bond acceptors (Lipinski definition) is 3. The molecule has 1 heterocycles. The Morgan fingerprint density at radius 3 is 2.34 bits per heavy atom. The van der Waals surface area contributed by atoms with Crippen LogP contribution in [-0.4, -0.2) is 28.4 Å². The number of rotatable bonds is 6. The van der Waals surface area contributed by atoms with Crippen molar-refractivity contribution in [2.24, 2.45) is 5.92 Å². The summed E-state index contributed by atoms with van der Waals surface area (Å²) >= 11 is 0. The number of carbonyl (C=O) groups excluding carboxylic acids is 1. The molecule has 5 heteroatoms. The van der Waals surface area contributed by atoms with Crippen LogP contribution in [0.5, 0.6) is 11.5 Å². The maximum absolute atomic E-state index is 12.0. The van der Waals surface area contributed by atoms with E-state index >= 15 is 0 Å². The molecule has 0 aromatic heterocycles. The first-order valence-electron chi connectivity index (χ1n) is 9.52. The fourth-order valence-electron chi connectivity index (χ4n) is 3.51. The quantitative estimate of drug-likeness (QED) is 0.672. The van der Waals surface area contributed by atoms with E-state index in [1.54, 1.807) is 4.90 Å². The first-order valence-corrected chi connectivity index (χ1v) is 9.52. The fraction of sp³-hybridized carbons (Fsp3) is 0.167. The lowest BCUT2D eigenvalue weighted by atomic mass is 10.0. The van der Waals surface area contributed by atoms with Gasteiger partial charge < -0.3 is 14.7 Å². The lowest BCUT2D eigenvalue weighted by Gasteiger charge is -2.16. The number of aliphatic carboxylic acids is 1. The number of para-hydroxylation sites is 1. The van der Waals surface area contributed by atoms with Crippen LogP contribution in [0.3, 0.4) is 0 Å². The van der Waals surface area contributed by atoms with E-state index in [4.69, 9.17) is 9.84 Å². The molecule has 1 atom stereocenters. The summed E-state index contributed by atoms with van der Waals surface area (Å²) in [5.74, 6) is -0.172. The van der Waals surface area contributed by atoms with Crippen LogP contribution in [0.4, 0.5) is 0 Å². The minimum absolute atomic E-state index is 0.0762. The Labute approximate surface area is 169 Å². The third kappa shape index (κ3) is 4.29. The first-order chi connectivity index (χ1) is 14.1. The van der Waals surface area contributed by atoms with Gasteiger partial charge in [-0.15, -0.1) is 0 Å². The maximum Gasteiger partial charge on any atom is 0.308 e. The Bertz CT molecular complexity index is 1010. The molecule has 1 unspecified atom stereocenters. The maximum atomic E-state index is 12.0. The molecule has 0 bridgehead atoms. The zero-order valence-corrected chi connectivity index (χ0v) is 15.8. The average molecular weight is 387 g/mol. The van der Waals surface area contributed by atoms with Gasteiger partial charge in [0.2, 0.25) is 5.91 Å². The minimum atomic E-state index is -0.915. The van der Waals surface area contributed by atoms with Gasteiger partial charge in [-0.25, -0.2) is 0 Å². The summed E-state index contributed by atoms with van der Waals surface area (Å²) in [5, 5.41) is 9.10. The molecule has 4 rings (SSSR count). The van der Waals surface area contributed by atoms with E-state index in [0.717, 1.165) is 22.4 Å². The van der Waals surface area contributed by atoms with Crippen LogP contribution in [0.25, 0.3) is 11.1 Å². The standard InChI is InChI=1S/C24H21NO4/c26-23-14-19(24(27)28)16-25(23)15-17-10-12-20(13-11-17)29-22-9-5-4-8-21(22)18-6-2-1-3-7-18/h1-13,19H,14-16H2,(H,27,28). The van der Waals surface area contributed by atoms with Gasteiger partial charge in [-0.05, 0) is 29.3 Å². The third-order valence-corrected chi connectivity index (χ3v) is 5.06. The molecule has 1 N–H and O–H groups in total. The number of nitrogens with zero attached hydrogens (tertiary/aromatic N) is 1. The number of hydrogen-bond donors (Lipinski definition) is 1. The predicted octanol–water partition coefficient (Wildman–Crippen LogP) is 4.58. The SMILES string of the molecule is O=C(O)C1CC(=O)N(Cc2ccc(Oc3ccccc3-c3ccccc3)cc2)C1. The van der Waals surface area contributed by atoms with Crippen LogP contribution >= 0.6 is 0 Å². The van der Waals surface area contributed by atoms with Gasteiger partial charge in [0.05, 0.1) is 5.92 Å². The number of amides is 1. The second kappa shape index (κ2) is 8.19. The third-order valence-electron chi connectivity index (χ3n) is 5.06. The lowest BCUT2D eigenvalue weighted by Crippen LogP contribution is -2.25. The Morgan fingerprint density at radius 2 is 1.66 bits per heavy atom. The summed E-state index contributed by atoms with van der Waals surface area (Å²) in [7, 11) is 0. The molecule has 5 nitrogen and oxygen atoms in total. The molecule has 0 spiro atoms. The van der Waals surface area contributed by atoms with Crippen molar-refractivity contribution >= 4 is 11.9 Å². The minimum Gasteiger partial charge on any atom is -0.481 e. The number of benzene rings is 3. The summed E-state index contributed by atoms with van der Waals surface area (Å²) in [6.45, 7) is 0.667. The van der Waals surface area contributed by atoms with Gasteiger partial charge in [-0.1, -0.05) is 60.7 Å². The van der Waals surface area contributed by atoms with Crippen molar-refractivity contribution in [3.8, 4) is 22.6 Å². The molecule has 0 aliphatic carbocycles. The largest absolute Gasteiger partial charge is 0.481 e. The monoisotopic (exact) mass is 387 g/mol. The summed E-state index contributed by atoms with van der Waals surface area (Å²) in [5.41, 5.74) is 3.04. The van der Waals surface area contributed by atoms with Crippen molar-refractivity contribution < 1.29 is 19.4 Å². The smallest absolute Gasteiger partial charge is 0.308 e. The molecule has 146 valence electrons. The molecule has 1 fully saturated rings. The van der Waals surface area contributed by atoms with Gasteiger partial charge >= 0.3 is 5.97 Å². The van der Waals surface area contributed by atoms with E-state index < -0.39 is 11.9 Å². The summed E-state index contributed by atoms with van der Waals surface area (Å²) in [4.78, 5) is 24.7. The van der Waals surface area contributed by atoms with Gasteiger partial charge in [-0.2, -0.15) is 0 Å². The second-order valence-corrected chi connectivity index (χ2v) is 7.12. The molecule has 1 amide bonds. The zero-order chi connectivity index (χ0) is 20.2. The molecule has 3 aromatic rings. The first kappa shape index (κ1) is 18.7. The van der Waals surface area contributed by atoms with Gasteiger partial charge in [-0.3, -0.25) is 9.59 Å². The number of carbonyl (C=O) groups is 2. The Balaban J connectivity index is 1.46. The van der Waals surface area contributed by atoms with Crippen LogP contribution in [0.15, 0.2) is 78.9 Å². The Hall–Kier alpha value is -3.60. The van der Waals surface area contributed by atoms with Crippen molar-refractivity contribution in [3.05, 3.63) is 84.4 Å². The summed E-state index contributed by atoms with van der Waals surface area (Å²) in [6, 6.07) is 25.5. The lowest BCUT2D eigenvalue weighted by molar-refractivity contribution is -0.141. The summed E-state index contributed by atoms with van der Waals surface area (Å²) in [6.07, 6.45) is 0.0762. The van der Waals surface area contributed by atoms with E-state index in [1.165, 1.54) is 0 Å². The van der Waals surface area contributed by atoms with E-state index in [0.29, 0.717) is 12.3 Å². The van der Waals surface area contributed by atoms with Crippen molar-refractivity contribution in [1.82, 2.24) is 4.90 Å². The van der Waals surface area contributed by atoms with Crippen molar-refractivity contribution in [2.75, 3.05) is 6.54 Å². The molecular formula is C24H21NO4. The van der Waals surface area contributed by atoms with Crippen LogP contribution < -0.4 is 4.74 Å².